The van der Waals surface area contributed by atoms with Gasteiger partial charge in [-0.2, -0.15) is 0 Å². The molecule has 0 saturated carbocycles. The minimum absolute atomic E-state index is 0.561. The first kappa shape index (κ1) is 14.2. The van der Waals surface area contributed by atoms with Crippen molar-refractivity contribution in [3.63, 3.8) is 0 Å². The lowest BCUT2D eigenvalue weighted by Gasteiger charge is -2.10. The van der Waals surface area contributed by atoms with Crippen molar-refractivity contribution in [2.45, 2.75) is 40.5 Å². The highest BCUT2D eigenvalue weighted by molar-refractivity contribution is 5.79. The molecule has 0 aromatic rings. The third-order valence-electron chi connectivity index (χ3n) is 2.00. The molecular formula is C11H26N4. The van der Waals surface area contributed by atoms with Crippen molar-refractivity contribution in [2.24, 2.45) is 22.7 Å². The molecule has 0 aliphatic carbocycles. The zero-order valence-electron chi connectivity index (χ0n) is 10.5. The van der Waals surface area contributed by atoms with Crippen LogP contribution in [0.25, 0.3) is 0 Å². The van der Waals surface area contributed by atoms with Crippen molar-refractivity contribution in [2.75, 3.05) is 13.1 Å². The van der Waals surface area contributed by atoms with Crippen molar-refractivity contribution in [3.8, 4) is 0 Å². The van der Waals surface area contributed by atoms with Gasteiger partial charge >= 0.3 is 0 Å². The number of hydrogen-bond donors (Lipinski definition) is 3. The van der Waals surface area contributed by atoms with Crippen molar-refractivity contribution in [3.05, 3.63) is 0 Å². The lowest BCUT2D eigenvalue weighted by molar-refractivity contribution is 0.548. The van der Waals surface area contributed by atoms with E-state index >= 15 is 0 Å². The number of rotatable bonds is 6. The van der Waals surface area contributed by atoms with E-state index in [9.17, 15) is 0 Å². The highest BCUT2D eigenvalue weighted by Crippen LogP contribution is 2.01. The predicted octanol–water partition coefficient (Wildman–Crippen LogP) is 1.49. The molecule has 4 N–H and O–H groups in total. The maximum absolute atomic E-state index is 5.36. The number of guanidine groups is 1. The number of hydrogen-bond acceptors (Lipinski definition) is 2. The van der Waals surface area contributed by atoms with Crippen LogP contribution in [0, 0.1) is 11.8 Å². The first-order valence-corrected chi connectivity index (χ1v) is 5.81. The standard InChI is InChI=1S/C11H26N4/c1-9(2)6-5-7-13-11(15-12)14-8-10(3)4/h9-10H,5-8,12H2,1-4H3,(H2,13,14,15). The number of nitrogens with zero attached hydrogens (tertiary/aromatic N) is 1. The van der Waals surface area contributed by atoms with E-state index in [4.69, 9.17) is 5.84 Å². The molecule has 0 aromatic heterocycles. The molecule has 0 atom stereocenters. The van der Waals surface area contributed by atoms with E-state index in [0.29, 0.717) is 11.9 Å². The Balaban J connectivity index is 3.65. The SMILES string of the molecule is CC(C)CCCNC(=NCC(C)C)NN. The van der Waals surface area contributed by atoms with E-state index in [0.717, 1.165) is 25.4 Å². The van der Waals surface area contributed by atoms with Crippen molar-refractivity contribution in [1.82, 2.24) is 10.7 Å². The average Bonchev–Trinajstić information content (AvgIpc) is 2.16. The smallest absolute Gasteiger partial charge is 0.205 e. The second kappa shape index (κ2) is 8.53. The number of nitrogens with two attached hydrogens (primary N) is 1. The molecule has 0 spiro atoms. The van der Waals surface area contributed by atoms with Gasteiger partial charge in [0.05, 0.1) is 0 Å². The second-order valence-electron chi connectivity index (χ2n) is 4.69. The Kier molecular flexibility index (Phi) is 8.09. The van der Waals surface area contributed by atoms with Gasteiger partial charge in [0.15, 0.2) is 0 Å². The van der Waals surface area contributed by atoms with Crippen molar-refractivity contribution < 1.29 is 0 Å². The normalized spacial score (nSPS) is 12.3. The molecule has 15 heavy (non-hydrogen) atoms. The molecule has 0 heterocycles. The first-order chi connectivity index (χ1) is 7.06. The van der Waals surface area contributed by atoms with E-state index in [1.807, 2.05) is 0 Å². The summed E-state index contributed by atoms with van der Waals surface area (Å²) in [7, 11) is 0. The van der Waals surface area contributed by atoms with E-state index in [-0.39, 0.29) is 0 Å². The predicted molar refractivity (Wildman–Crippen MR) is 66.5 cm³/mol. The second-order valence-corrected chi connectivity index (χ2v) is 4.69. The highest BCUT2D eigenvalue weighted by atomic mass is 15.3. The molecule has 0 bridgehead atoms. The molecule has 0 aromatic carbocycles. The van der Waals surface area contributed by atoms with Crippen LogP contribution in [0.1, 0.15) is 40.5 Å². The van der Waals surface area contributed by atoms with Gasteiger partial charge in [0.1, 0.15) is 0 Å². The summed E-state index contributed by atoms with van der Waals surface area (Å²) in [6.45, 7) is 10.5. The fraction of sp³-hybridized carbons (Fsp3) is 0.909. The van der Waals surface area contributed by atoms with Crippen LogP contribution in [0.5, 0.6) is 0 Å². The van der Waals surface area contributed by atoms with Crippen molar-refractivity contribution >= 4 is 5.96 Å². The van der Waals surface area contributed by atoms with Gasteiger partial charge in [-0.25, -0.2) is 5.84 Å². The van der Waals surface area contributed by atoms with Gasteiger partial charge in [0.25, 0.3) is 0 Å². The topological polar surface area (TPSA) is 62.4 Å². The lowest BCUT2D eigenvalue weighted by atomic mass is 10.1. The quantitative estimate of drug-likeness (QED) is 0.206. The maximum Gasteiger partial charge on any atom is 0.205 e. The minimum atomic E-state index is 0.561. The van der Waals surface area contributed by atoms with Crippen LogP contribution < -0.4 is 16.6 Å². The van der Waals surface area contributed by atoms with Crippen LogP contribution in [0.4, 0.5) is 0 Å². The monoisotopic (exact) mass is 214 g/mol. The van der Waals surface area contributed by atoms with Gasteiger partial charge in [-0.05, 0) is 24.7 Å². The lowest BCUT2D eigenvalue weighted by Crippen LogP contribution is -2.42. The number of aliphatic imine (C=N–C) groups is 1. The summed E-state index contributed by atoms with van der Waals surface area (Å²) in [4.78, 5) is 4.33. The van der Waals surface area contributed by atoms with Crippen molar-refractivity contribution in [1.29, 1.82) is 0 Å². The summed E-state index contributed by atoms with van der Waals surface area (Å²) in [5.74, 6) is 7.38. The average molecular weight is 214 g/mol. The molecule has 0 radical (unpaired) electrons. The van der Waals surface area contributed by atoms with Gasteiger partial charge in [0.2, 0.25) is 5.96 Å². The van der Waals surface area contributed by atoms with Gasteiger partial charge < -0.3 is 5.32 Å². The zero-order valence-corrected chi connectivity index (χ0v) is 10.5. The van der Waals surface area contributed by atoms with Crippen LogP contribution in [-0.4, -0.2) is 19.0 Å². The van der Waals surface area contributed by atoms with E-state index < -0.39 is 0 Å². The fourth-order valence-electron chi connectivity index (χ4n) is 1.14. The van der Waals surface area contributed by atoms with E-state index in [2.05, 4.69) is 43.4 Å². The number of hydrazine groups is 1. The largest absolute Gasteiger partial charge is 0.355 e. The van der Waals surface area contributed by atoms with Gasteiger partial charge in [-0.3, -0.25) is 10.4 Å². The summed E-state index contributed by atoms with van der Waals surface area (Å²) >= 11 is 0. The van der Waals surface area contributed by atoms with E-state index in [1.165, 1.54) is 6.42 Å². The molecule has 0 fully saturated rings. The Bertz CT molecular complexity index is 175. The Hall–Kier alpha value is -0.770. The van der Waals surface area contributed by atoms with Gasteiger partial charge in [-0.1, -0.05) is 27.7 Å². The molecule has 0 aliphatic rings. The molecule has 4 heteroatoms. The highest BCUT2D eigenvalue weighted by Gasteiger charge is 1.98. The Morgan fingerprint density at radius 2 is 1.87 bits per heavy atom. The fourth-order valence-corrected chi connectivity index (χ4v) is 1.14. The summed E-state index contributed by atoms with van der Waals surface area (Å²) in [6.07, 6.45) is 2.38. The van der Waals surface area contributed by atoms with Crippen LogP contribution in [-0.2, 0) is 0 Å². The molecule has 0 aliphatic heterocycles. The van der Waals surface area contributed by atoms with Crippen LogP contribution in [0.15, 0.2) is 4.99 Å². The summed E-state index contributed by atoms with van der Waals surface area (Å²) in [5, 5.41) is 3.19. The van der Waals surface area contributed by atoms with E-state index in [1.54, 1.807) is 0 Å². The third-order valence-corrected chi connectivity index (χ3v) is 2.00. The maximum atomic E-state index is 5.36. The molecular weight excluding hydrogens is 188 g/mol. The van der Waals surface area contributed by atoms with Crippen LogP contribution in [0.2, 0.25) is 0 Å². The first-order valence-electron chi connectivity index (χ1n) is 5.81. The third kappa shape index (κ3) is 9.53. The molecule has 0 saturated heterocycles. The summed E-state index contributed by atoms with van der Waals surface area (Å²) < 4.78 is 0. The zero-order chi connectivity index (χ0) is 11.7. The van der Waals surface area contributed by atoms with Gasteiger partial charge in [-0.15, -0.1) is 0 Å². The number of nitrogens with one attached hydrogen (secondary N) is 2. The molecule has 90 valence electrons. The Labute approximate surface area is 93.7 Å². The molecule has 0 amide bonds. The summed E-state index contributed by atoms with van der Waals surface area (Å²) in [5.41, 5.74) is 2.58. The van der Waals surface area contributed by atoms with Gasteiger partial charge in [0, 0.05) is 13.1 Å². The molecule has 0 rings (SSSR count). The minimum Gasteiger partial charge on any atom is -0.355 e. The summed E-state index contributed by atoms with van der Waals surface area (Å²) in [6, 6.07) is 0. The Morgan fingerprint density at radius 1 is 1.20 bits per heavy atom. The molecule has 0 unspecified atom stereocenters. The molecule has 4 nitrogen and oxygen atoms in total. The van der Waals surface area contributed by atoms with Crippen LogP contribution >= 0.6 is 0 Å². The van der Waals surface area contributed by atoms with Crippen LogP contribution in [0.3, 0.4) is 0 Å². The Morgan fingerprint density at radius 3 is 2.33 bits per heavy atom.